The summed E-state index contributed by atoms with van der Waals surface area (Å²) in [6.45, 7) is 2.86. The molecule has 1 fully saturated rings. The highest BCUT2D eigenvalue weighted by Crippen LogP contribution is 2.28. The van der Waals surface area contributed by atoms with Crippen molar-refractivity contribution in [1.82, 2.24) is 0 Å². The molecule has 4 rings (SSSR count). The van der Waals surface area contributed by atoms with E-state index >= 15 is 0 Å². The molecule has 1 aromatic heterocycles. The van der Waals surface area contributed by atoms with Crippen LogP contribution in [0.5, 0.6) is 0 Å². The van der Waals surface area contributed by atoms with Gasteiger partial charge in [0.2, 0.25) is 0 Å². The van der Waals surface area contributed by atoms with Gasteiger partial charge in [-0.1, -0.05) is 29.8 Å². The van der Waals surface area contributed by atoms with Crippen LogP contribution in [0, 0.1) is 0 Å². The summed E-state index contributed by atoms with van der Waals surface area (Å²) in [6.07, 6.45) is 0. The summed E-state index contributed by atoms with van der Waals surface area (Å²) in [5, 5.41) is 7.94. The summed E-state index contributed by atoms with van der Waals surface area (Å²) < 4.78 is 5.42. The van der Waals surface area contributed by atoms with Gasteiger partial charge in [-0.15, -0.1) is 11.3 Å². The molecular formula is C22H20ClN3O3S. The summed E-state index contributed by atoms with van der Waals surface area (Å²) >= 11 is 7.57. The Balaban J connectivity index is 1.52. The highest BCUT2D eigenvalue weighted by atomic mass is 35.5. The molecule has 0 spiro atoms. The summed E-state index contributed by atoms with van der Waals surface area (Å²) in [5.41, 5.74) is 2.47. The molecule has 1 aliphatic rings. The SMILES string of the molecule is O=C(Nc1ccccc1N1CCOCC1)c1ccc(Cl)c(NC(=O)c2cccs2)c1. The first-order valence-electron chi connectivity index (χ1n) is 9.49. The van der Waals surface area contributed by atoms with Gasteiger partial charge in [0, 0.05) is 18.7 Å². The van der Waals surface area contributed by atoms with Crippen LogP contribution in [0.15, 0.2) is 60.0 Å². The van der Waals surface area contributed by atoms with Crippen LogP contribution in [0.1, 0.15) is 20.0 Å². The van der Waals surface area contributed by atoms with Crippen molar-refractivity contribution in [3.05, 3.63) is 75.4 Å². The van der Waals surface area contributed by atoms with Crippen LogP contribution in [0.25, 0.3) is 0 Å². The number of halogens is 1. The number of thiophene rings is 1. The first kappa shape index (κ1) is 20.4. The Labute approximate surface area is 183 Å². The molecule has 0 saturated carbocycles. The maximum Gasteiger partial charge on any atom is 0.265 e. The van der Waals surface area contributed by atoms with Gasteiger partial charge in [-0.25, -0.2) is 0 Å². The number of carbonyl (C=O) groups excluding carboxylic acids is 2. The standard InChI is InChI=1S/C22H20ClN3O3S/c23-16-8-7-15(14-18(16)25-22(28)20-6-3-13-30-20)21(27)24-17-4-1-2-5-19(17)26-9-11-29-12-10-26/h1-8,13-14H,9-12H2,(H,24,27)(H,25,28). The van der Waals surface area contributed by atoms with Crippen LogP contribution in [-0.2, 0) is 4.74 Å². The van der Waals surface area contributed by atoms with Crippen molar-refractivity contribution in [2.24, 2.45) is 0 Å². The number of amides is 2. The summed E-state index contributed by atoms with van der Waals surface area (Å²) in [7, 11) is 0. The predicted molar refractivity (Wildman–Crippen MR) is 121 cm³/mol. The van der Waals surface area contributed by atoms with E-state index < -0.39 is 0 Å². The van der Waals surface area contributed by atoms with Crippen LogP contribution in [0.2, 0.25) is 5.02 Å². The van der Waals surface area contributed by atoms with Crippen molar-refractivity contribution in [2.45, 2.75) is 0 Å². The second-order valence-corrected chi connectivity index (χ2v) is 8.05. The number of hydrogen-bond donors (Lipinski definition) is 2. The molecule has 2 amide bonds. The van der Waals surface area contributed by atoms with Crippen molar-refractivity contribution in [1.29, 1.82) is 0 Å². The number of anilines is 3. The Morgan fingerprint density at radius 2 is 1.70 bits per heavy atom. The fourth-order valence-electron chi connectivity index (χ4n) is 3.21. The average Bonchev–Trinajstić information content (AvgIpc) is 3.31. The van der Waals surface area contributed by atoms with Gasteiger partial charge in [0.15, 0.2) is 0 Å². The molecule has 0 radical (unpaired) electrons. The summed E-state index contributed by atoms with van der Waals surface area (Å²) in [4.78, 5) is 28.0. The van der Waals surface area contributed by atoms with E-state index in [2.05, 4.69) is 15.5 Å². The Kier molecular flexibility index (Phi) is 6.32. The van der Waals surface area contributed by atoms with Gasteiger partial charge >= 0.3 is 0 Å². The lowest BCUT2D eigenvalue weighted by molar-refractivity contribution is 0.101. The molecule has 0 unspecified atom stereocenters. The molecule has 2 N–H and O–H groups in total. The molecule has 3 aromatic rings. The number of benzene rings is 2. The van der Waals surface area contributed by atoms with Crippen LogP contribution < -0.4 is 15.5 Å². The maximum absolute atomic E-state index is 12.9. The number of nitrogens with one attached hydrogen (secondary N) is 2. The minimum Gasteiger partial charge on any atom is -0.378 e. The molecule has 30 heavy (non-hydrogen) atoms. The third kappa shape index (κ3) is 4.64. The number of carbonyl (C=O) groups is 2. The van der Waals surface area contributed by atoms with Crippen molar-refractivity contribution in [2.75, 3.05) is 41.8 Å². The van der Waals surface area contributed by atoms with E-state index in [0.717, 1.165) is 24.5 Å². The predicted octanol–water partition coefficient (Wildman–Crippen LogP) is 4.74. The molecule has 1 aliphatic heterocycles. The number of hydrogen-bond acceptors (Lipinski definition) is 5. The highest BCUT2D eigenvalue weighted by molar-refractivity contribution is 7.12. The normalized spacial score (nSPS) is 13.7. The van der Waals surface area contributed by atoms with Crippen LogP contribution in [0.4, 0.5) is 17.1 Å². The fourth-order valence-corrected chi connectivity index (χ4v) is 3.99. The zero-order valence-electron chi connectivity index (χ0n) is 16.1. The third-order valence-electron chi connectivity index (χ3n) is 4.73. The van der Waals surface area contributed by atoms with Crippen molar-refractivity contribution in [3.8, 4) is 0 Å². The molecule has 1 saturated heterocycles. The van der Waals surface area contributed by atoms with Gasteiger partial charge in [0.1, 0.15) is 0 Å². The number of rotatable bonds is 5. The Hall–Kier alpha value is -2.87. The minimum absolute atomic E-state index is 0.262. The lowest BCUT2D eigenvalue weighted by atomic mass is 10.1. The topological polar surface area (TPSA) is 70.7 Å². The van der Waals surface area contributed by atoms with E-state index in [1.54, 1.807) is 30.3 Å². The summed E-state index contributed by atoms with van der Waals surface area (Å²) in [6, 6.07) is 16.0. The highest BCUT2D eigenvalue weighted by Gasteiger charge is 2.17. The molecule has 0 bridgehead atoms. The molecule has 154 valence electrons. The smallest absolute Gasteiger partial charge is 0.265 e. The molecular weight excluding hydrogens is 422 g/mol. The maximum atomic E-state index is 12.9. The first-order valence-corrected chi connectivity index (χ1v) is 10.7. The number of ether oxygens (including phenoxy) is 1. The minimum atomic E-state index is -0.279. The number of nitrogens with zero attached hydrogens (tertiary/aromatic N) is 1. The molecule has 6 nitrogen and oxygen atoms in total. The molecule has 2 heterocycles. The molecule has 0 aliphatic carbocycles. The summed E-state index contributed by atoms with van der Waals surface area (Å²) in [5.74, 6) is -0.541. The van der Waals surface area contributed by atoms with E-state index in [1.807, 2.05) is 29.6 Å². The van der Waals surface area contributed by atoms with Crippen LogP contribution >= 0.6 is 22.9 Å². The van der Waals surface area contributed by atoms with Gasteiger partial charge in [-0.2, -0.15) is 0 Å². The van der Waals surface area contributed by atoms with Gasteiger partial charge in [0.25, 0.3) is 11.8 Å². The van der Waals surface area contributed by atoms with E-state index in [1.165, 1.54) is 11.3 Å². The molecule has 2 aromatic carbocycles. The monoisotopic (exact) mass is 441 g/mol. The Morgan fingerprint density at radius 1 is 0.933 bits per heavy atom. The third-order valence-corrected chi connectivity index (χ3v) is 5.92. The van der Waals surface area contributed by atoms with Gasteiger partial charge in [-0.05, 0) is 41.8 Å². The Morgan fingerprint density at radius 3 is 2.47 bits per heavy atom. The van der Waals surface area contributed by atoms with Crippen LogP contribution in [0.3, 0.4) is 0 Å². The zero-order valence-corrected chi connectivity index (χ0v) is 17.6. The largest absolute Gasteiger partial charge is 0.378 e. The van der Waals surface area contributed by atoms with Gasteiger partial charge < -0.3 is 20.3 Å². The quantitative estimate of drug-likeness (QED) is 0.599. The van der Waals surface area contributed by atoms with Gasteiger partial charge in [-0.3, -0.25) is 9.59 Å². The van der Waals surface area contributed by atoms with E-state index in [0.29, 0.717) is 34.4 Å². The molecule has 0 atom stereocenters. The number of morpholine rings is 1. The van der Waals surface area contributed by atoms with Crippen molar-refractivity contribution >= 4 is 51.8 Å². The average molecular weight is 442 g/mol. The lowest BCUT2D eigenvalue weighted by Gasteiger charge is -2.30. The van der Waals surface area contributed by atoms with E-state index in [-0.39, 0.29) is 11.8 Å². The van der Waals surface area contributed by atoms with E-state index in [4.69, 9.17) is 16.3 Å². The van der Waals surface area contributed by atoms with Crippen LogP contribution in [-0.4, -0.2) is 38.1 Å². The number of para-hydroxylation sites is 2. The first-order chi connectivity index (χ1) is 14.6. The molecule has 8 heteroatoms. The lowest BCUT2D eigenvalue weighted by Crippen LogP contribution is -2.36. The Bertz CT molecular complexity index is 1050. The van der Waals surface area contributed by atoms with Crippen molar-refractivity contribution in [3.63, 3.8) is 0 Å². The zero-order chi connectivity index (χ0) is 20.9. The van der Waals surface area contributed by atoms with E-state index in [9.17, 15) is 9.59 Å². The fraction of sp³-hybridized carbons (Fsp3) is 0.182. The second-order valence-electron chi connectivity index (χ2n) is 6.70. The van der Waals surface area contributed by atoms with Gasteiger partial charge in [0.05, 0.1) is 40.2 Å². The van der Waals surface area contributed by atoms with Crippen molar-refractivity contribution < 1.29 is 14.3 Å². The second kappa shape index (κ2) is 9.30.